The number of benzene rings is 1. The zero-order valence-electron chi connectivity index (χ0n) is 10.5. The number of nitrogens with zero attached hydrogens (tertiary/aromatic N) is 2. The van der Waals surface area contributed by atoms with Crippen molar-refractivity contribution in [3.8, 4) is 5.75 Å². The molecule has 1 aromatic carbocycles. The van der Waals surface area contributed by atoms with Crippen molar-refractivity contribution in [1.82, 2.24) is 4.98 Å². The van der Waals surface area contributed by atoms with Gasteiger partial charge in [-0.15, -0.1) is 11.3 Å². The lowest BCUT2D eigenvalue weighted by molar-refractivity contribution is 0.102. The summed E-state index contributed by atoms with van der Waals surface area (Å²) < 4.78 is 5.17. The average molecular weight is 292 g/mol. The fourth-order valence-corrected chi connectivity index (χ4v) is 2.05. The Morgan fingerprint density at radius 2 is 2.35 bits per heavy atom. The normalized spacial score (nSPS) is 11.2. The minimum atomic E-state index is -0.332. The summed E-state index contributed by atoms with van der Waals surface area (Å²) in [5, 5.41) is 15.9. The van der Waals surface area contributed by atoms with Crippen molar-refractivity contribution in [3.05, 3.63) is 40.3 Å². The molecule has 104 valence electrons. The van der Waals surface area contributed by atoms with Gasteiger partial charge in [-0.3, -0.25) is 4.79 Å². The Morgan fingerprint density at radius 1 is 1.55 bits per heavy atom. The van der Waals surface area contributed by atoms with Crippen molar-refractivity contribution in [2.24, 2.45) is 10.9 Å². The van der Waals surface area contributed by atoms with Gasteiger partial charge >= 0.3 is 0 Å². The van der Waals surface area contributed by atoms with E-state index in [9.17, 15) is 4.79 Å². The molecule has 20 heavy (non-hydrogen) atoms. The van der Waals surface area contributed by atoms with Gasteiger partial charge < -0.3 is 21.0 Å². The topological polar surface area (TPSA) is 110 Å². The van der Waals surface area contributed by atoms with Crippen molar-refractivity contribution in [2.75, 3.05) is 12.4 Å². The zero-order valence-corrected chi connectivity index (χ0v) is 11.3. The molecular formula is C12H12N4O3S. The minimum Gasteiger partial charge on any atom is -0.495 e. The van der Waals surface area contributed by atoms with E-state index in [2.05, 4.69) is 15.5 Å². The molecule has 2 aromatic rings. The summed E-state index contributed by atoms with van der Waals surface area (Å²) in [6.45, 7) is 0. The molecule has 1 aromatic heterocycles. The molecule has 0 atom stereocenters. The second kappa shape index (κ2) is 6.02. The third kappa shape index (κ3) is 2.86. The first-order valence-corrected chi connectivity index (χ1v) is 6.45. The molecule has 1 heterocycles. The monoisotopic (exact) mass is 292 g/mol. The van der Waals surface area contributed by atoms with Crippen molar-refractivity contribution in [3.63, 3.8) is 0 Å². The summed E-state index contributed by atoms with van der Waals surface area (Å²) >= 11 is 1.33. The number of amides is 1. The van der Waals surface area contributed by atoms with Crippen LogP contribution >= 0.6 is 11.3 Å². The second-order valence-corrected chi connectivity index (χ2v) is 4.45. The van der Waals surface area contributed by atoms with Crippen LogP contribution in [0.4, 0.5) is 5.69 Å². The molecular weight excluding hydrogens is 280 g/mol. The Labute approximate surface area is 118 Å². The molecule has 4 N–H and O–H groups in total. The van der Waals surface area contributed by atoms with E-state index in [1.807, 2.05) is 0 Å². The summed E-state index contributed by atoms with van der Waals surface area (Å²) in [5.41, 5.74) is 8.36. The Kier molecular flexibility index (Phi) is 4.16. The van der Waals surface area contributed by atoms with E-state index in [4.69, 9.17) is 15.7 Å². The van der Waals surface area contributed by atoms with Crippen LogP contribution in [-0.2, 0) is 0 Å². The number of carbonyl (C=O) groups is 1. The number of ether oxygens (including phenoxy) is 1. The SMILES string of the molecule is COc1cc(/C(N)=N/O)ccc1NC(=O)c1cscn1. The maximum atomic E-state index is 11.9. The lowest BCUT2D eigenvalue weighted by Crippen LogP contribution is -2.15. The number of nitrogens with one attached hydrogen (secondary N) is 1. The summed E-state index contributed by atoms with van der Waals surface area (Å²) in [7, 11) is 1.46. The maximum Gasteiger partial charge on any atom is 0.275 e. The number of anilines is 1. The number of amidine groups is 1. The molecule has 0 spiro atoms. The first-order chi connectivity index (χ1) is 9.65. The molecule has 8 heteroatoms. The number of rotatable bonds is 4. The Morgan fingerprint density at radius 3 is 2.95 bits per heavy atom. The van der Waals surface area contributed by atoms with E-state index < -0.39 is 0 Å². The van der Waals surface area contributed by atoms with E-state index in [0.717, 1.165) is 0 Å². The zero-order chi connectivity index (χ0) is 14.5. The molecule has 0 bridgehead atoms. The van der Waals surface area contributed by atoms with Crippen molar-refractivity contribution < 1.29 is 14.7 Å². The minimum absolute atomic E-state index is 0.0410. The van der Waals surface area contributed by atoms with Gasteiger partial charge in [0.2, 0.25) is 0 Å². The van der Waals surface area contributed by atoms with Crippen LogP contribution < -0.4 is 15.8 Å². The Balaban J connectivity index is 2.26. The van der Waals surface area contributed by atoms with Crippen molar-refractivity contribution in [2.45, 2.75) is 0 Å². The van der Waals surface area contributed by atoms with Crippen LogP contribution in [0.1, 0.15) is 16.1 Å². The van der Waals surface area contributed by atoms with Gasteiger partial charge in [-0.05, 0) is 18.2 Å². The molecule has 2 rings (SSSR count). The number of aromatic nitrogens is 1. The average Bonchev–Trinajstić information content (AvgIpc) is 3.01. The lowest BCUT2D eigenvalue weighted by Gasteiger charge is -2.10. The van der Waals surface area contributed by atoms with Crippen LogP contribution in [0.15, 0.2) is 34.2 Å². The van der Waals surface area contributed by atoms with Crippen LogP contribution in [0.3, 0.4) is 0 Å². The molecule has 0 aliphatic carbocycles. The van der Waals surface area contributed by atoms with E-state index >= 15 is 0 Å². The second-order valence-electron chi connectivity index (χ2n) is 3.73. The smallest absolute Gasteiger partial charge is 0.275 e. The molecule has 7 nitrogen and oxygen atoms in total. The van der Waals surface area contributed by atoms with Crippen LogP contribution in [0, 0.1) is 0 Å². The summed E-state index contributed by atoms with van der Waals surface area (Å²) in [5.74, 6) is 0.0273. The molecule has 0 fully saturated rings. The van der Waals surface area contributed by atoms with E-state index in [-0.39, 0.29) is 11.7 Å². The largest absolute Gasteiger partial charge is 0.495 e. The standard InChI is InChI=1S/C12H12N4O3S/c1-19-10-4-7(11(13)16-18)2-3-8(10)15-12(17)9-5-20-6-14-9/h2-6,18H,1H3,(H2,13,16)(H,15,17). The lowest BCUT2D eigenvalue weighted by atomic mass is 10.1. The van der Waals surface area contributed by atoms with Crippen LogP contribution in [0.25, 0.3) is 0 Å². The van der Waals surface area contributed by atoms with Gasteiger partial charge in [0.15, 0.2) is 5.84 Å². The van der Waals surface area contributed by atoms with Gasteiger partial charge in [-0.2, -0.15) is 0 Å². The highest BCUT2D eigenvalue weighted by atomic mass is 32.1. The quantitative estimate of drug-likeness (QED) is 0.342. The summed E-state index contributed by atoms with van der Waals surface area (Å²) in [6, 6.07) is 4.77. The van der Waals surface area contributed by atoms with Gasteiger partial charge in [0, 0.05) is 10.9 Å². The number of thiazole rings is 1. The number of oxime groups is 1. The number of methoxy groups -OCH3 is 1. The predicted octanol–water partition coefficient (Wildman–Crippen LogP) is 1.50. The van der Waals surface area contributed by atoms with Gasteiger partial charge in [-0.1, -0.05) is 5.16 Å². The summed E-state index contributed by atoms with van der Waals surface area (Å²) in [6.07, 6.45) is 0. The fourth-order valence-electron chi connectivity index (χ4n) is 1.52. The highest BCUT2D eigenvalue weighted by molar-refractivity contribution is 7.07. The van der Waals surface area contributed by atoms with Gasteiger partial charge in [0.05, 0.1) is 18.3 Å². The number of carbonyl (C=O) groups excluding carboxylic acids is 1. The fraction of sp³-hybridized carbons (Fsp3) is 0.0833. The molecule has 0 saturated heterocycles. The van der Waals surface area contributed by atoms with Crippen LogP contribution in [0.2, 0.25) is 0 Å². The molecule has 1 amide bonds. The third-order valence-corrected chi connectivity index (χ3v) is 3.10. The predicted molar refractivity (Wildman–Crippen MR) is 75.6 cm³/mol. The van der Waals surface area contributed by atoms with Gasteiger partial charge in [-0.25, -0.2) is 4.98 Å². The molecule has 0 aliphatic heterocycles. The molecule has 0 aliphatic rings. The first-order valence-electron chi connectivity index (χ1n) is 5.51. The van der Waals surface area contributed by atoms with E-state index in [0.29, 0.717) is 22.7 Å². The van der Waals surface area contributed by atoms with Gasteiger partial charge in [0.1, 0.15) is 11.4 Å². The third-order valence-electron chi connectivity index (χ3n) is 2.52. The van der Waals surface area contributed by atoms with Gasteiger partial charge in [0.25, 0.3) is 5.91 Å². The van der Waals surface area contributed by atoms with Crippen molar-refractivity contribution in [1.29, 1.82) is 0 Å². The van der Waals surface area contributed by atoms with Crippen LogP contribution in [0.5, 0.6) is 5.75 Å². The Hall–Kier alpha value is -2.61. The number of nitrogens with two attached hydrogens (primary N) is 1. The van der Waals surface area contributed by atoms with Crippen molar-refractivity contribution >= 4 is 28.8 Å². The Bertz CT molecular complexity index is 640. The highest BCUT2D eigenvalue weighted by Crippen LogP contribution is 2.26. The molecule has 0 saturated carbocycles. The maximum absolute atomic E-state index is 11.9. The van der Waals surface area contributed by atoms with E-state index in [1.165, 1.54) is 18.4 Å². The molecule has 0 unspecified atom stereocenters. The van der Waals surface area contributed by atoms with E-state index in [1.54, 1.807) is 29.1 Å². The highest BCUT2D eigenvalue weighted by Gasteiger charge is 2.12. The van der Waals surface area contributed by atoms with Crippen LogP contribution in [-0.4, -0.2) is 29.0 Å². The number of hydrogen-bond donors (Lipinski definition) is 3. The summed E-state index contributed by atoms with van der Waals surface area (Å²) in [4.78, 5) is 15.8. The first kappa shape index (κ1) is 13.8. The molecule has 0 radical (unpaired) electrons. The number of hydrogen-bond acceptors (Lipinski definition) is 6.